The first kappa shape index (κ1) is 27.5. The van der Waals surface area contributed by atoms with Gasteiger partial charge in [-0.1, -0.05) is 67.9 Å². The molecule has 1 atom stereocenters. The van der Waals surface area contributed by atoms with Crippen LogP contribution in [0.2, 0.25) is 0 Å². The number of aliphatic carboxylic acids is 1. The first-order chi connectivity index (χ1) is 20.5. The number of aryl methyl sites for hydroxylation is 1. The molecule has 1 aliphatic heterocycles. The summed E-state index contributed by atoms with van der Waals surface area (Å²) in [5, 5.41) is 15.8. The van der Waals surface area contributed by atoms with Crippen LogP contribution in [0, 0.1) is 5.92 Å². The molecule has 9 nitrogen and oxygen atoms in total. The number of rotatable bonds is 10. The Morgan fingerprint density at radius 1 is 1.05 bits per heavy atom. The average molecular weight is 565 g/mol. The number of carboxylic acids is 1. The molecule has 0 saturated carbocycles. The van der Waals surface area contributed by atoms with Gasteiger partial charge in [-0.2, -0.15) is 4.98 Å². The summed E-state index contributed by atoms with van der Waals surface area (Å²) in [7, 11) is 0. The standard InChI is InChI=1S/C33H36N6O3/c1-2-7-25-20-39(21-26(31(40)41)19-22-12-13-23-8-3-4-9-24(23)18-22)33(42)37-30(25)38-16-14-27(15-17-38)34-32-35-28-10-5-6-11-29(28)36-32/h3-6,8-13,18,20,26-27H,2,7,14-17,19,21H2,1H3,(H,40,41)(H2,34,35,36). The van der Waals surface area contributed by atoms with E-state index in [1.807, 2.05) is 72.9 Å². The number of aromatic nitrogens is 4. The van der Waals surface area contributed by atoms with E-state index in [1.54, 1.807) is 0 Å². The van der Waals surface area contributed by atoms with Gasteiger partial charge in [0.25, 0.3) is 0 Å². The molecule has 3 heterocycles. The minimum Gasteiger partial charge on any atom is -0.481 e. The summed E-state index contributed by atoms with van der Waals surface area (Å²) in [6, 6.07) is 22.3. The predicted octanol–water partition coefficient (Wildman–Crippen LogP) is 5.25. The Labute approximate surface area is 244 Å². The highest BCUT2D eigenvalue weighted by atomic mass is 16.4. The highest BCUT2D eigenvalue weighted by Gasteiger charge is 2.25. The number of carboxylic acid groups (broad SMARTS) is 1. The molecule has 0 spiro atoms. The fourth-order valence-corrected chi connectivity index (χ4v) is 5.95. The fourth-order valence-electron chi connectivity index (χ4n) is 5.95. The Bertz CT molecular complexity index is 1740. The second-order valence-electron chi connectivity index (χ2n) is 11.2. The second-order valence-corrected chi connectivity index (χ2v) is 11.2. The fraction of sp³-hybridized carbons (Fsp3) is 0.333. The summed E-state index contributed by atoms with van der Waals surface area (Å²) < 4.78 is 1.49. The van der Waals surface area contributed by atoms with E-state index >= 15 is 0 Å². The number of anilines is 2. The number of H-pyrrole nitrogens is 1. The van der Waals surface area contributed by atoms with Gasteiger partial charge in [0.15, 0.2) is 0 Å². The van der Waals surface area contributed by atoms with Crippen molar-refractivity contribution in [1.29, 1.82) is 0 Å². The molecule has 5 aromatic rings. The maximum absolute atomic E-state index is 13.2. The molecule has 1 saturated heterocycles. The van der Waals surface area contributed by atoms with Gasteiger partial charge in [0.2, 0.25) is 5.95 Å². The largest absolute Gasteiger partial charge is 0.481 e. The molecule has 3 aromatic carbocycles. The van der Waals surface area contributed by atoms with Crippen LogP contribution >= 0.6 is 0 Å². The number of imidazole rings is 1. The number of nitrogens with zero attached hydrogens (tertiary/aromatic N) is 4. The number of para-hydroxylation sites is 2. The number of benzene rings is 3. The normalized spacial score (nSPS) is 14.8. The van der Waals surface area contributed by atoms with Gasteiger partial charge >= 0.3 is 11.7 Å². The van der Waals surface area contributed by atoms with Crippen molar-refractivity contribution in [1.82, 2.24) is 19.5 Å². The van der Waals surface area contributed by atoms with E-state index in [4.69, 9.17) is 0 Å². The lowest BCUT2D eigenvalue weighted by Gasteiger charge is -2.34. The first-order valence-electron chi connectivity index (χ1n) is 14.7. The molecule has 0 bridgehead atoms. The third kappa shape index (κ3) is 6.00. The maximum atomic E-state index is 13.2. The van der Waals surface area contributed by atoms with Gasteiger partial charge in [0.05, 0.1) is 17.0 Å². The Morgan fingerprint density at radius 2 is 1.81 bits per heavy atom. The van der Waals surface area contributed by atoms with Crippen LogP contribution in [-0.2, 0) is 24.2 Å². The lowest BCUT2D eigenvalue weighted by molar-refractivity contribution is -0.142. The van der Waals surface area contributed by atoms with E-state index in [1.165, 1.54) is 4.57 Å². The molecule has 0 radical (unpaired) electrons. The van der Waals surface area contributed by atoms with Gasteiger partial charge in [-0.3, -0.25) is 9.36 Å². The summed E-state index contributed by atoms with van der Waals surface area (Å²) in [4.78, 5) is 40.2. The van der Waals surface area contributed by atoms with Crippen molar-refractivity contribution in [3.8, 4) is 0 Å². The molecular formula is C33H36N6O3. The molecule has 6 rings (SSSR count). The monoisotopic (exact) mass is 564 g/mol. The Kier molecular flexibility index (Phi) is 7.90. The maximum Gasteiger partial charge on any atom is 0.349 e. The van der Waals surface area contributed by atoms with E-state index in [0.717, 1.165) is 83.5 Å². The zero-order valence-electron chi connectivity index (χ0n) is 23.8. The zero-order valence-corrected chi connectivity index (χ0v) is 23.8. The molecule has 1 fully saturated rings. The summed E-state index contributed by atoms with van der Waals surface area (Å²) in [5.74, 6) is -0.165. The molecule has 0 amide bonds. The van der Waals surface area contributed by atoms with Crippen LogP contribution in [0.5, 0.6) is 0 Å². The summed E-state index contributed by atoms with van der Waals surface area (Å²) in [5.41, 5.74) is 3.46. The zero-order chi connectivity index (χ0) is 29.1. The van der Waals surface area contributed by atoms with Gasteiger partial charge in [0, 0.05) is 37.4 Å². The van der Waals surface area contributed by atoms with Gasteiger partial charge in [0.1, 0.15) is 5.82 Å². The third-order valence-corrected chi connectivity index (χ3v) is 8.15. The van der Waals surface area contributed by atoms with Gasteiger partial charge in [-0.05, 0) is 54.2 Å². The van der Waals surface area contributed by atoms with Crippen molar-refractivity contribution < 1.29 is 9.90 Å². The predicted molar refractivity (Wildman–Crippen MR) is 166 cm³/mol. The summed E-state index contributed by atoms with van der Waals surface area (Å²) in [6.07, 6.45) is 5.62. The molecule has 216 valence electrons. The molecule has 1 unspecified atom stereocenters. The van der Waals surface area contributed by atoms with Crippen LogP contribution in [-0.4, -0.2) is 49.7 Å². The van der Waals surface area contributed by atoms with Crippen molar-refractivity contribution >= 4 is 39.5 Å². The summed E-state index contributed by atoms with van der Waals surface area (Å²) >= 11 is 0. The molecular weight excluding hydrogens is 528 g/mol. The molecule has 0 aliphatic carbocycles. The van der Waals surface area contributed by atoms with E-state index in [0.29, 0.717) is 6.42 Å². The van der Waals surface area contributed by atoms with E-state index in [-0.39, 0.29) is 12.6 Å². The molecule has 3 N–H and O–H groups in total. The van der Waals surface area contributed by atoms with Crippen LogP contribution in [0.15, 0.2) is 77.7 Å². The number of nitrogens with one attached hydrogen (secondary N) is 2. The van der Waals surface area contributed by atoms with Crippen LogP contribution in [0.4, 0.5) is 11.8 Å². The quantitative estimate of drug-likeness (QED) is 0.212. The number of hydrogen-bond acceptors (Lipinski definition) is 6. The molecule has 1 aliphatic rings. The summed E-state index contributed by atoms with van der Waals surface area (Å²) in [6.45, 7) is 3.71. The Hall–Kier alpha value is -4.66. The SMILES string of the molecule is CCCc1cn(CC(Cc2ccc3ccccc3c2)C(=O)O)c(=O)nc1N1CCC(Nc2nc3ccccc3[nH]2)CC1. The highest BCUT2D eigenvalue weighted by Crippen LogP contribution is 2.25. The number of fused-ring (bicyclic) bond motifs is 2. The van der Waals surface area contributed by atoms with E-state index < -0.39 is 17.6 Å². The lowest BCUT2D eigenvalue weighted by atomic mass is 9.97. The van der Waals surface area contributed by atoms with Crippen LogP contribution < -0.4 is 15.9 Å². The molecule has 42 heavy (non-hydrogen) atoms. The minimum atomic E-state index is -0.921. The first-order valence-corrected chi connectivity index (χ1v) is 14.7. The number of hydrogen-bond donors (Lipinski definition) is 3. The van der Waals surface area contributed by atoms with Crippen molar-refractivity contribution in [2.45, 2.75) is 51.6 Å². The van der Waals surface area contributed by atoms with E-state index in [2.05, 4.69) is 32.1 Å². The van der Waals surface area contributed by atoms with Crippen molar-refractivity contribution in [2.24, 2.45) is 5.92 Å². The van der Waals surface area contributed by atoms with Crippen LogP contribution in [0.3, 0.4) is 0 Å². The second kappa shape index (κ2) is 12.1. The minimum absolute atomic E-state index is 0.0779. The van der Waals surface area contributed by atoms with E-state index in [9.17, 15) is 14.7 Å². The van der Waals surface area contributed by atoms with Gasteiger partial charge < -0.3 is 20.3 Å². The Balaban J connectivity index is 1.15. The van der Waals surface area contributed by atoms with Gasteiger partial charge in [-0.25, -0.2) is 9.78 Å². The average Bonchev–Trinajstić information content (AvgIpc) is 3.41. The molecule has 2 aromatic heterocycles. The van der Waals surface area contributed by atoms with Crippen molar-refractivity contribution in [3.05, 3.63) is 94.5 Å². The van der Waals surface area contributed by atoms with Gasteiger partial charge in [-0.15, -0.1) is 0 Å². The topological polar surface area (TPSA) is 116 Å². The number of carbonyl (C=O) groups is 1. The van der Waals surface area contributed by atoms with Crippen LogP contribution in [0.25, 0.3) is 21.8 Å². The number of piperidine rings is 1. The number of aromatic amines is 1. The van der Waals surface area contributed by atoms with Crippen LogP contribution in [0.1, 0.15) is 37.3 Å². The molecule has 9 heteroatoms. The smallest absolute Gasteiger partial charge is 0.349 e. The Morgan fingerprint density at radius 3 is 2.57 bits per heavy atom. The highest BCUT2D eigenvalue weighted by molar-refractivity contribution is 5.83. The van der Waals surface area contributed by atoms with Crippen molar-refractivity contribution in [2.75, 3.05) is 23.3 Å². The lowest BCUT2D eigenvalue weighted by Crippen LogP contribution is -2.41. The van der Waals surface area contributed by atoms with Crippen molar-refractivity contribution in [3.63, 3.8) is 0 Å². The third-order valence-electron chi connectivity index (χ3n) is 8.15.